The Hall–Kier alpha value is -1.51. The van der Waals surface area contributed by atoms with Gasteiger partial charge in [-0.05, 0) is 17.0 Å². The predicted molar refractivity (Wildman–Crippen MR) is 79.0 cm³/mol. The zero-order valence-electron chi connectivity index (χ0n) is 12.4. The Labute approximate surface area is 111 Å². The molecular weight excluding hydrogens is 222 g/mol. The SMILES string of the molecule is CC(C)c1cccc(CN=C(N(C)C)N(C)C)c1. The van der Waals surface area contributed by atoms with E-state index in [1.165, 1.54) is 11.1 Å². The van der Waals surface area contributed by atoms with Gasteiger partial charge in [0, 0.05) is 28.2 Å². The summed E-state index contributed by atoms with van der Waals surface area (Å²) in [6, 6.07) is 8.68. The van der Waals surface area contributed by atoms with Crippen LogP contribution in [0, 0.1) is 0 Å². The van der Waals surface area contributed by atoms with E-state index in [4.69, 9.17) is 0 Å². The Bertz CT molecular complexity index is 396. The number of hydrogen-bond acceptors (Lipinski definition) is 1. The Kier molecular flexibility index (Phi) is 5.20. The van der Waals surface area contributed by atoms with Crippen molar-refractivity contribution >= 4 is 5.96 Å². The molecule has 0 spiro atoms. The second kappa shape index (κ2) is 6.43. The molecule has 1 aromatic carbocycles. The minimum absolute atomic E-state index is 0.566. The van der Waals surface area contributed by atoms with Crippen LogP contribution >= 0.6 is 0 Å². The van der Waals surface area contributed by atoms with Crippen molar-refractivity contribution in [2.24, 2.45) is 4.99 Å². The minimum atomic E-state index is 0.566. The summed E-state index contributed by atoms with van der Waals surface area (Å²) in [5.41, 5.74) is 2.64. The highest BCUT2D eigenvalue weighted by Crippen LogP contribution is 2.16. The van der Waals surface area contributed by atoms with Crippen molar-refractivity contribution in [2.45, 2.75) is 26.3 Å². The smallest absolute Gasteiger partial charge is 0.195 e. The van der Waals surface area contributed by atoms with Gasteiger partial charge in [-0.15, -0.1) is 0 Å². The second-order valence-corrected chi connectivity index (χ2v) is 5.30. The number of guanidine groups is 1. The average Bonchev–Trinajstić information content (AvgIpc) is 2.28. The lowest BCUT2D eigenvalue weighted by atomic mass is 10.0. The number of nitrogens with zero attached hydrogens (tertiary/aromatic N) is 3. The van der Waals surface area contributed by atoms with Crippen LogP contribution < -0.4 is 0 Å². The van der Waals surface area contributed by atoms with Gasteiger partial charge in [-0.3, -0.25) is 0 Å². The first kappa shape index (κ1) is 14.6. The molecule has 0 unspecified atom stereocenters. The maximum Gasteiger partial charge on any atom is 0.195 e. The van der Waals surface area contributed by atoms with Gasteiger partial charge in [0.25, 0.3) is 0 Å². The fourth-order valence-electron chi connectivity index (χ4n) is 1.90. The van der Waals surface area contributed by atoms with Crippen LogP contribution in [0.2, 0.25) is 0 Å². The summed E-state index contributed by atoms with van der Waals surface area (Å²) >= 11 is 0. The lowest BCUT2D eigenvalue weighted by Crippen LogP contribution is -2.35. The highest BCUT2D eigenvalue weighted by atomic mass is 15.3. The molecule has 0 aliphatic carbocycles. The van der Waals surface area contributed by atoms with Gasteiger partial charge in [-0.25, -0.2) is 4.99 Å². The van der Waals surface area contributed by atoms with Crippen molar-refractivity contribution in [3.05, 3.63) is 35.4 Å². The predicted octanol–water partition coefficient (Wildman–Crippen LogP) is 2.79. The van der Waals surface area contributed by atoms with E-state index in [2.05, 4.69) is 43.1 Å². The van der Waals surface area contributed by atoms with E-state index in [1.54, 1.807) is 0 Å². The molecule has 0 amide bonds. The van der Waals surface area contributed by atoms with Crippen molar-refractivity contribution in [3.8, 4) is 0 Å². The lowest BCUT2D eigenvalue weighted by molar-refractivity contribution is 0.479. The molecule has 0 aromatic heterocycles. The molecule has 18 heavy (non-hydrogen) atoms. The van der Waals surface area contributed by atoms with Crippen LogP contribution in [0.15, 0.2) is 29.3 Å². The van der Waals surface area contributed by atoms with E-state index < -0.39 is 0 Å². The fourth-order valence-corrected chi connectivity index (χ4v) is 1.90. The lowest BCUT2D eigenvalue weighted by Gasteiger charge is -2.22. The van der Waals surface area contributed by atoms with Crippen molar-refractivity contribution in [1.82, 2.24) is 9.80 Å². The molecule has 0 bridgehead atoms. The standard InChI is InChI=1S/C15H25N3/c1-12(2)14-9-7-8-13(10-14)11-16-15(17(3)4)18(5)6/h7-10,12H,11H2,1-6H3. The molecule has 3 heteroatoms. The summed E-state index contributed by atoms with van der Waals surface area (Å²) in [4.78, 5) is 8.73. The first-order chi connectivity index (χ1) is 8.41. The van der Waals surface area contributed by atoms with E-state index in [1.807, 2.05) is 38.0 Å². The molecule has 0 saturated carbocycles. The van der Waals surface area contributed by atoms with E-state index in [0.717, 1.165) is 12.5 Å². The maximum absolute atomic E-state index is 4.66. The van der Waals surface area contributed by atoms with Crippen LogP contribution in [0.25, 0.3) is 0 Å². The van der Waals surface area contributed by atoms with E-state index >= 15 is 0 Å². The summed E-state index contributed by atoms with van der Waals surface area (Å²) in [5, 5.41) is 0. The Morgan fingerprint density at radius 3 is 2.22 bits per heavy atom. The molecule has 1 rings (SSSR count). The molecular formula is C15H25N3. The zero-order valence-corrected chi connectivity index (χ0v) is 12.4. The monoisotopic (exact) mass is 247 g/mol. The number of rotatable bonds is 3. The molecule has 1 aromatic rings. The molecule has 0 saturated heterocycles. The maximum atomic E-state index is 4.66. The van der Waals surface area contributed by atoms with E-state index in [-0.39, 0.29) is 0 Å². The summed E-state index contributed by atoms with van der Waals surface area (Å²) < 4.78 is 0. The van der Waals surface area contributed by atoms with Gasteiger partial charge in [-0.1, -0.05) is 38.1 Å². The van der Waals surface area contributed by atoms with Gasteiger partial charge < -0.3 is 9.80 Å². The number of aliphatic imine (C=N–C) groups is 1. The van der Waals surface area contributed by atoms with Crippen molar-refractivity contribution in [3.63, 3.8) is 0 Å². The minimum Gasteiger partial charge on any atom is -0.349 e. The third-order valence-corrected chi connectivity index (χ3v) is 2.82. The molecule has 0 N–H and O–H groups in total. The number of benzene rings is 1. The summed E-state index contributed by atoms with van der Waals surface area (Å²) in [5.74, 6) is 1.56. The molecule has 0 radical (unpaired) electrons. The molecule has 100 valence electrons. The zero-order chi connectivity index (χ0) is 13.7. The van der Waals surface area contributed by atoms with Crippen LogP contribution in [0.5, 0.6) is 0 Å². The first-order valence-electron chi connectivity index (χ1n) is 6.39. The first-order valence-corrected chi connectivity index (χ1v) is 6.39. The van der Waals surface area contributed by atoms with Crippen LogP contribution in [0.1, 0.15) is 30.9 Å². The third-order valence-electron chi connectivity index (χ3n) is 2.82. The molecule has 3 nitrogen and oxygen atoms in total. The Morgan fingerprint density at radius 1 is 1.11 bits per heavy atom. The topological polar surface area (TPSA) is 18.8 Å². The van der Waals surface area contributed by atoms with Gasteiger partial charge in [0.2, 0.25) is 0 Å². The van der Waals surface area contributed by atoms with Gasteiger partial charge in [-0.2, -0.15) is 0 Å². The second-order valence-electron chi connectivity index (χ2n) is 5.30. The molecule has 0 fully saturated rings. The quantitative estimate of drug-likeness (QED) is 0.604. The summed E-state index contributed by atoms with van der Waals surface area (Å²) in [6.45, 7) is 5.16. The van der Waals surface area contributed by atoms with Gasteiger partial charge in [0.1, 0.15) is 0 Å². The van der Waals surface area contributed by atoms with E-state index in [9.17, 15) is 0 Å². The van der Waals surface area contributed by atoms with Crippen LogP contribution in [0.3, 0.4) is 0 Å². The van der Waals surface area contributed by atoms with E-state index in [0.29, 0.717) is 5.92 Å². The molecule has 0 aliphatic rings. The molecule has 0 atom stereocenters. The van der Waals surface area contributed by atoms with Crippen LogP contribution in [-0.4, -0.2) is 44.0 Å². The van der Waals surface area contributed by atoms with Crippen LogP contribution in [0.4, 0.5) is 0 Å². The normalized spacial score (nSPS) is 10.4. The highest BCUT2D eigenvalue weighted by Gasteiger charge is 2.04. The highest BCUT2D eigenvalue weighted by molar-refractivity contribution is 5.79. The van der Waals surface area contributed by atoms with Gasteiger partial charge in [0.15, 0.2) is 5.96 Å². The summed E-state index contributed by atoms with van der Waals surface area (Å²) in [7, 11) is 8.07. The Balaban J connectivity index is 2.84. The fraction of sp³-hybridized carbons (Fsp3) is 0.533. The Morgan fingerprint density at radius 2 is 1.72 bits per heavy atom. The van der Waals surface area contributed by atoms with Crippen molar-refractivity contribution in [1.29, 1.82) is 0 Å². The molecule has 0 aliphatic heterocycles. The largest absolute Gasteiger partial charge is 0.349 e. The van der Waals surface area contributed by atoms with Gasteiger partial charge in [0.05, 0.1) is 6.54 Å². The summed E-state index contributed by atoms with van der Waals surface area (Å²) in [6.07, 6.45) is 0. The van der Waals surface area contributed by atoms with Gasteiger partial charge >= 0.3 is 0 Å². The average molecular weight is 247 g/mol. The molecule has 0 heterocycles. The van der Waals surface area contributed by atoms with Crippen LogP contribution in [-0.2, 0) is 6.54 Å². The van der Waals surface area contributed by atoms with Crippen molar-refractivity contribution < 1.29 is 0 Å². The third kappa shape index (κ3) is 4.06. The number of hydrogen-bond donors (Lipinski definition) is 0. The van der Waals surface area contributed by atoms with Crippen molar-refractivity contribution in [2.75, 3.05) is 28.2 Å².